The van der Waals surface area contributed by atoms with Crippen molar-refractivity contribution in [2.24, 2.45) is 5.73 Å². The van der Waals surface area contributed by atoms with Crippen molar-refractivity contribution in [3.63, 3.8) is 0 Å². The number of rotatable bonds is 3. The lowest BCUT2D eigenvalue weighted by Crippen LogP contribution is -2.46. The van der Waals surface area contributed by atoms with Crippen LogP contribution in [0.1, 0.15) is 5.76 Å². The van der Waals surface area contributed by atoms with Gasteiger partial charge in [0.25, 0.3) is 0 Å². The molecular weight excluding hydrogens is 350 g/mol. The van der Waals surface area contributed by atoms with Crippen LogP contribution in [0.2, 0.25) is 0 Å². The zero-order valence-corrected chi connectivity index (χ0v) is 15.2. The van der Waals surface area contributed by atoms with Crippen LogP contribution in [0.3, 0.4) is 0 Å². The zero-order chi connectivity index (χ0) is 17.2. The largest absolute Gasteiger partial charge is 0.459 e. The van der Waals surface area contributed by atoms with Crippen LogP contribution in [0.25, 0.3) is 11.0 Å². The highest BCUT2D eigenvalue weighted by molar-refractivity contribution is 5.85. The van der Waals surface area contributed by atoms with Gasteiger partial charge in [0.2, 0.25) is 0 Å². The number of halogens is 1. The minimum atomic E-state index is -0.0397. The maximum Gasteiger partial charge on any atom is 0.193 e. The average molecular weight is 372 g/mol. The van der Waals surface area contributed by atoms with Crippen molar-refractivity contribution >= 4 is 34.8 Å². The van der Waals surface area contributed by atoms with Crippen LogP contribution in [-0.2, 0) is 6.54 Å². The van der Waals surface area contributed by atoms with E-state index >= 15 is 0 Å². The smallest absolute Gasteiger partial charge is 0.193 e. The van der Waals surface area contributed by atoms with E-state index in [4.69, 9.17) is 10.2 Å². The molecule has 2 N–H and O–H groups in total. The van der Waals surface area contributed by atoms with Crippen molar-refractivity contribution in [3.05, 3.63) is 70.6 Å². The highest BCUT2D eigenvalue weighted by atomic mass is 35.5. The molecule has 3 aromatic rings. The highest BCUT2D eigenvalue weighted by Gasteiger charge is 2.18. The van der Waals surface area contributed by atoms with Gasteiger partial charge in [0.15, 0.2) is 5.43 Å². The first kappa shape index (κ1) is 18.3. The van der Waals surface area contributed by atoms with Gasteiger partial charge in [0.05, 0.1) is 11.9 Å². The molecule has 4 rings (SSSR count). The molecule has 1 aliphatic rings. The van der Waals surface area contributed by atoms with Crippen LogP contribution >= 0.6 is 12.4 Å². The van der Waals surface area contributed by atoms with E-state index in [0.717, 1.165) is 31.9 Å². The summed E-state index contributed by atoms with van der Waals surface area (Å²) in [5, 5.41) is 0.601. The molecule has 0 spiro atoms. The first-order valence-electron chi connectivity index (χ1n) is 8.56. The Balaban J connectivity index is 0.00000196. The summed E-state index contributed by atoms with van der Waals surface area (Å²) >= 11 is 0. The van der Waals surface area contributed by atoms with Crippen LogP contribution in [-0.4, -0.2) is 26.2 Å². The van der Waals surface area contributed by atoms with Crippen molar-refractivity contribution in [3.8, 4) is 0 Å². The van der Waals surface area contributed by atoms with Gasteiger partial charge >= 0.3 is 0 Å². The molecule has 26 heavy (non-hydrogen) atoms. The van der Waals surface area contributed by atoms with E-state index in [9.17, 15) is 4.79 Å². The van der Waals surface area contributed by atoms with Gasteiger partial charge in [-0.15, -0.1) is 12.4 Å². The molecule has 136 valence electrons. The van der Waals surface area contributed by atoms with Crippen LogP contribution in [0, 0.1) is 0 Å². The van der Waals surface area contributed by atoms with E-state index in [1.165, 1.54) is 11.8 Å². The Hall–Kier alpha value is -2.50. The van der Waals surface area contributed by atoms with Crippen LogP contribution in [0.5, 0.6) is 0 Å². The number of hydrogen-bond acceptors (Lipinski definition) is 5. The number of nitrogens with two attached hydrogens (primary N) is 1. The second-order valence-corrected chi connectivity index (χ2v) is 6.27. The van der Waals surface area contributed by atoms with Crippen LogP contribution in [0.15, 0.2) is 63.8 Å². The maximum absolute atomic E-state index is 12.1. The monoisotopic (exact) mass is 371 g/mol. The predicted molar refractivity (Wildman–Crippen MR) is 108 cm³/mol. The summed E-state index contributed by atoms with van der Waals surface area (Å²) < 4.78 is 5.75. The first-order chi connectivity index (χ1) is 12.2. The fourth-order valence-corrected chi connectivity index (χ4v) is 3.35. The maximum atomic E-state index is 12.1. The Labute approximate surface area is 158 Å². The second-order valence-electron chi connectivity index (χ2n) is 6.27. The number of benzene rings is 2. The average Bonchev–Trinajstić information content (AvgIpc) is 2.68. The Morgan fingerprint density at radius 2 is 1.54 bits per heavy atom. The molecule has 5 nitrogen and oxygen atoms in total. The third-order valence-electron chi connectivity index (χ3n) is 4.73. The number of hydrogen-bond donors (Lipinski definition) is 1. The molecule has 1 fully saturated rings. The van der Waals surface area contributed by atoms with Gasteiger partial charge in [-0.2, -0.15) is 0 Å². The Morgan fingerprint density at radius 1 is 0.885 bits per heavy atom. The van der Waals surface area contributed by atoms with Gasteiger partial charge < -0.3 is 20.0 Å². The van der Waals surface area contributed by atoms with Crippen molar-refractivity contribution in [1.82, 2.24) is 0 Å². The van der Waals surface area contributed by atoms with E-state index in [2.05, 4.69) is 34.1 Å². The number of fused-ring (bicyclic) bond motifs is 1. The molecule has 6 heteroatoms. The first-order valence-corrected chi connectivity index (χ1v) is 8.56. The lowest BCUT2D eigenvalue weighted by Gasteiger charge is -2.37. The standard InChI is InChI=1S/C20H21N3O2.ClH/c21-14-17-13-19(24)18-7-6-16(12-20(18)25-17)23-10-8-22(9-11-23)15-4-2-1-3-5-15;/h1-7,12-13H,8-11,14,21H2;1H. The molecule has 0 saturated carbocycles. The lowest BCUT2D eigenvalue weighted by atomic mass is 10.1. The molecular formula is C20H22ClN3O2. The normalized spacial score (nSPS) is 14.3. The molecule has 0 aliphatic carbocycles. The zero-order valence-electron chi connectivity index (χ0n) is 14.4. The fraction of sp³-hybridized carbons (Fsp3) is 0.250. The van der Waals surface area contributed by atoms with Gasteiger partial charge in [-0.05, 0) is 24.3 Å². The topological polar surface area (TPSA) is 62.7 Å². The van der Waals surface area contributed by atoms with Crippen LogP contribution in [0.4, 0.5) is 11.4 Å². The quantitative estimate of drug-likeness (QED) is 0.766. The molecule has 1 aliphatic heterocycles. The van der Waals surface area contributed by atoms with Crippen molar-refractivity contribution in [2.45, 2.75) is 6.54 Å². The number of para-hydroxylation sites is 1. The molecule has 1 aromatic heterocycles. The fourth-order valence-electron chi connectivity index (χ4n) is 3.35. The molecule has 2 aromatic carbocycles. The third kappa shape index (κ3) is 3.54. The van der Waals surface area contributed by atoms with E-state index in [-0.39, 0.29) is 24.4 Å². The van der Waals surface area contributed by atoms with Gasteiger partial charge in [-0.1, -0.05) is 18.2 Å². The Kier molecular flexibility index (Phi) is 5.49. The van der Waals surface area contributed by atoms with E-state index < -0.39 is 0 Å². The van der Waals surface area contributed by atoms with E-state index in [1.807, 2.05) is 24.3 Å². The lowest BCUT2D eigenvalue weighted by molar-refractivity contribution is 0.538. The SMILES string of the molecule is Cl.NCc1cc(=O)c2ccc(N3CCN(c4ccccc4)CC3)cc2o1. The van der Waals surface area contributed by atoms with Crippen LogP contribution < -0.4 is 21.0 Å². The second kappa shape index (κ2) is 7.81. The number of piperazine rings is 1. The van der Waals surface area contributed by atoms with E-state index in [0.29, 0.717) is 16.7 Å². The summed E-state index contributed by atoms with van der Waals surface area (Å²) in [5.74, 6) is 0.517. The third-order valence-corrected chi connectivity index (χ3v) is 4.73. The number of nitrogens with zero attached hydrogens (tertiary/aromatic N) is 2. The Bertz CT molecular complexity index is 935. The van der Waals surface area contributed by atoms with Crippen molar-refractivity contribution in [2.75, 3.05) is 36.0 Å². The molecule has 0 amide bonds. The molecule has 0 atom stereocenters. The summed E-state index contributed by atoms with van der Waals surface area (Å²) in [7, 11) is 0. The van der Waals surface area contributed by atoms with Gasteiger partial charge in [-0.25, -0.2) is 0 Å². The summed E-state index contributed by atoms with van der Waals surface area (Å²) in [6.45, 7) is 4.03. The minimum absolute atomic E-state index is 0. The highest BCUT2D eigenvalue weighted by Crippen LogP contribution is 2.24. The van der Waals surface area contributed by atoms with Gasteiger partial charge in [0.1, 0.15) is 11.3 Å². The molecule has 0 radical (unpaired) electrons. The summed E-state index contributed by atoms with van der Waals surface area (Å²) in [6.07, 6.45) is 0. The summed E-state index contributed by atoms with van der Waals surface area (Å²) in [5.41, 5.74) is 8.52. The molecule has 0 bridgehead atoms. The van der Waals surface area contributed by atoms with Gasteiger partial charge in [-0.3, -0.25) is 4.79 Å². The summed E-state index contributed by atoms with van der Waals surface area (Å²) in [4.78, 5) is 16.8. The summed E-state index contributed by atoms with van der Waals surface area (Å²) in [6, 6.07) is 17.8. The van der Waals surface area contributed by atoms with Crippen molar-refractivity contribution < 1.29 is 4.42 Å². The molecule has 2 heterocycles. The van der Waals surface area contributed by atoms with Gasteiger partial charge in [0, 0.05) is 49.7 Å². The number of anilines is 2. The minimum Gasteiger partial charge on any atom is -0.459 e. The molecule has 1 saturated heterocycles. The molecule has 0 unspecified atom stereocenters. The van der Waals surface area contributed by atoms with Crippen molar-refractivity contribution in [1.29, 1.82) is 0 Å². The Morgan fingerprint density at radius 3 is 2.19 bits per heavy atom. The van der Waals surface area contributed by atoms with E-state index in [1.54, 1.807) is 0 Å². The predicted octanol–water partition coefficient (Wildman–Crippen LogP) is 3.00.